The molecule has 1 saturated heterocycles. The summed E-state index contributed by atoms with van der Waals surface area (Å²) in [6.45, 7) is 4.99. The zero-order valence-corrected chi connectivity index (χ0v) is 24.4. The third kappa shape index (κ3) is 4.48. The van der Waals surface area contributed by atoms with Crippen LogP contribution in [0.2, 0.25) is 18.6 Å². The number of aromatic nitrogens is 1. The highest BCUT2D eigenvalue weighted by atomic mass is 28.4. The van der Waals surface area contributed by atoms with Gasteiger partial charge < -0.3 is 24.3 Å². The van der Waals surface area contributed by atoms with Crippen LogP contribution >= 0.6 is 0 Å². The number of benzene rings is 3. The van der Waals surface area contributed by atoms with Crippen molar-refractivity contribution in [2.75, 3.05) is 16.8 Å². The summed E-state index contributed by atoms with van der Waals surface area (Å²) in [6, 6.07) is 22.5. The number of fused-ring (bicyclic) bond motifs is 3. The Labute approximate surface area is 239 Å². The number of rotatable bonds is 7. The van der Waals surface area contributed by atoms with Crippen molar-refractivity contribution in [3.8, 4) is 0 Å². The van der Waals surface area contributed by atoms with Crippen LogP contribution in [0.25, 0.3) is 10.9 Å². The van der Waals surface area contributed by atoms with Crippen molar-refractivity contribution in [3.05, 3.63) is 90.1 Å². The summed E-state index contributed by atoms with van der Waals surface area (Å²) in [5.41, 5.74) is 2.38. The summed E-state index contributed by atoms with van der Waals surface area (Å²) < 4.78 is 22.4. The normalized spacial score (nSPS) is 23.9. The molecule has 3 aromatic carbocycles. The Morgan fingerprint density at radius 3 is 2.59 bits per heavy atom. The SMILES string of the molecule is C[C@H]1[C@H]([Si](C)(C)F)[C@@H](CCO)O[C@]12C(=O)N(c1ccccc1)c1ccc(NC(=O)Cc3c[nH]c4ccccc34)cc12. The lowest BCUT2D eigenvalue weighted by Crippen LogP contribution is -2.44. The van der Waals surface area contributed by atoms with E-state index in [2.05, 4.69) is 10.3 Å². The van der Waals surface area contributed by atoms with E-state index in [1.165, 1.54) is 0 Å². The number of halogens is 1. The number of para-hydroxylation sites is 2. The van der Waals surface area contributed by atoms with E-state index in [1.807, 2.05) is 73.8 Å². The number of aliphatic hydroxyl groups excluding tert-OH is 1. The monoisotopic (exact) mass is 571 g/mol. The smallest absolute Gasteiger partial charge is 0.268 e. The zero-order valence-electron chi connectivity index (χ0n) is 23.4. The van der Waals surface area contributed by atoms with Crippen molar-refractivity contribution in [1.29, 1.82) is 0 Å². The molecule has 1 aromatic heterocycles. The lowest BCUT2D eigenvalue weighted by molar-refractivity contribution is -0.145. The molecule has 3 heterocycles. The fourth-order valence-electron chi connectivity index (χ4n) is 6.94. The molecule has 0 radical (unpaired) electrons. The molecule has 2 amide bonds. The largest absolute Gasteiger partial charge is 0.396 e. The summed E-state index contributed by atoms with van der Waals surface area (Å²) in [7, 11) is -3.31. The summed E-state index contributed by atoms with van der Waals surface area (Å²) in [6.07, 6.45) is 1.66. The average Bonchev–Trinajstić information content (AvgIpc) is 3.56. The van der Waals surface area contributed by atoms with Gasteiger partial charge in [0.1, 0.15) is 0 Å². The van der Waals surface area contributed by atoms with E-state index >= 15 is 4.11 Å². The van der Waals surface area contributed by atoms with Gasteiger partial charge in [-0.25, -0.2) is 0 Å². The van der Waals surface area contributed by atoms with Crippen LogP contribution in [-0.4, -0.2) is 43.0 Å². The second-order valence-electron chi connectivity index (χ2n) is 11.6. The van der Waals surface area contributed by atoms with Gasteiger partial charge in [-0.1, -0.05) is 43.3 Å². The van der Waals surface area contributed by atoms with E-state index in [9.17, 15) is 14.7 Å². The molecule has 4 atom stereocenters. The highest BCUT2D eigenvalue weighted by molar-refractivity contribution is 6.72. The van der Waals surface area contributed by atoms with Gasteiger partial charge in [-0.05, 0) is 61.5 Å². The zero-order chi connectivity index (χ0) is 28.9. The van der Waals surface area contributed by atoms with Crippen LogP contribution in [0.5, 0.6) is 0 Å². The van der Waals surface area contributed by atoms with Crippen LogP contribution in [0.15, 0.2) is 79.0 Å². The number of anilines is 3. The molecule has 4 aromatic rings. The molecule has 6 rings (SSSR count). The van der Waals surface area contributed by atoms with E-state index in [1.54, 1.807) is 30.1 Å². The van der Waals surface area contributed by atoms with Crippen LogP contribution in [0.3, 0.4) is 0 Å². The number of hydrogen-bond donors (Lipinski definition) is 3. The molecule has 2 aliphatic rings. The van der Waals surface area contributed by atoms with Crippen molar-refractivity contribution in [2.24, 2.45) is 5.92 Å². The maximum atomic E-state index is 15.8. The molecule has 0 unspecified atom stereocenters. The second kappa shape index (κ2) is 10.2. The van der Waals surface area contributed by atoms with Crippen molar-refractivity contribution >= 4 is 48.2 Å². The molecule has 212 valence electrons. The minimum Gasteiger partial charge on any atom is -0.396 e. The first-order valence-electron chi connectivity index (χ1n) is 14.0. The van der Waals surface area contributed by atoms with Crippen molar-refractivity contribution in [2.45, 2.75) is 50.1 Å². The van der Waals surface area contributed by atoms with Crippen LogP contribution in [0.4, 0.5) is 21.2 Å². The Balaban J connectivity index is 1.40. The van der Waals surface area contributed by atoms with E-state index in [0.717, 1.165) is 16.5 Å². The molecule has 1 spiro atoms. The summed E-state index contributed by atoms with van der Waals surface area (Å²) in [4.78, 5) is 32.4. The van der Waals surface area contributed by atoms with Crippen molar-refractivity contribution in [1.82, 2.24) is 4.98 Å². The van der Waals surface area contributed by atoms with Crippen LogP contribution < -0.4 is 10.2 Å². The highest BCUT2D eigenvalue weighted by Gasteiger charge is 2.66. The fourth-order valence-corrected chi connectivity index (χ4v) is 9.48. The van der Waals surface area contributed by atoms with Gasteiger partial charge in [0.25, 0.3) is 5.91 Å². The van der Waals surface area contributed by atoms with E-state index < -0.39 is 31.6 Å². The number of H-pyrrole nitrogens is 1. The van der Waals surface area contributed by atoms with Gasteiger partial charge >= 0.3 is 0 Å². The maximum Gasteiger partial charge on any atom is 0.268 e. The Bertz CT molecular complexity index is 1620. The number of carbonyl (C=O) groups is 2. The topological polar surface area (TPSA) is 94.7 Å². The Kier molecular flexibility index (Phi) is 6.84. The maximum absolute atomic E-state index is 15.8. The lowest BCUT2D eigenvalue weighted by Gasteiger charge is -2.31. The molecule has 7 nitrogen and oxygen atoms in total. The molecular weight excluding hydrogens is 537 g/mol. The number of aliphatic hydroxyl groups is 1. The summed E-state index contributed by atoms with van der Waals surface area (Å²) >= 11 is 0. The van der Waals surface area contributed by atoms with Crippen molar-refractivity contribution < 1.29 is 23.5 Å². The Hall–Kier alpha value is -3.79. The standard InChI is InChI=1S/C32H34FN3O4Si/c1-20-30(41(2,3)33)28(15-16-37)40-32(20)25-18-22(13-14-27(25)36(31(32)39)23-9-5-4-6-10-23)35-29(38)17-21-19-34-26-12-8-7-11-24(21)26/h4-14,18-20,28,30,34,37H,15-17H2,1-3H3,(H,35,38)/t20-,28+,30-,32+/m0/s1. The molecule has 2 aliphatic heterocycles. The minimum atomic E-state index is -3.31. The summed E-state index contributed by atoms with van der Waals surface area (Å²) in [5.74, 6) is -0.957. The first-order valence-corrected chi connectivity index (χ1v) is 17.0. The Morgan fingerprint density at radius 2 is 1.85 bits per heavy atom. The van der Waals surface area contributed by atoms with Gasteiger partial charge in [0.15, 0.2) is 5.60 Å². The number of amides is 2. The van der Waals surface area contributed by atoms with Gasteiger partial charge in [0, 0.05) is 52.1 Å². The minimum absolute atomic E-state index is 0.165. The van der Waals surface area contributed by atoms with E-state index in [-0.39, 0.29) is 31.3 Å². The number of ether oxygens (including phenoxy) is 1. The molecule has 41 heavy (non-hydrogen) atoms. The average molecular weight is 572 g/mol. The number of nitrogens with zero attached hydrogens (tertiary/aromatic N) is 1. The van der Waals surface area contributed by atoms with Gasteiger partial charge in [-0.3, -0.25) is 14.5 Å². The van der Waals surface area contributed by atoms with Crippen LogP contribution in [-0.2, 0) is 26.3 Å². The number of carbonyl (C=O) groups excluding carboxylic acids is 2. The van der Waals surface area contributed by atoms with Gasteiger partial charge in [-0.15, -0.1) is 0 Å². The first-order chi connectivity index (χ1) is 19.6. The molecule has 1 fully saturated rings. The highest BCUT2D eigenvalue weighted by Crippen LogP contribution is 2.61. The second-order valence-corrected chi connectivity index (χ2v) is 15.4. The van der Waals surface area contributed by atoms with Gasteiger partial charge in [0.05, 0.1) is 18.2 Å². The molecule has 0 bridgehead atoms. The molecule has 9 heteroatoms. The van der Waals surface area contributed by atoms with E-state index in [0.29, 0.717) is 22.6 Å². The van der Waals surface area contributed by atoms with Crippen LogP contribution in [0, 0.1) is 5.92 Å². The quantitative estimate of drug-likeness (QED) is 0.182. The predicted molar refractivity (Wildman–Crippen MR) is 160 cm³/mol. The fraction of sp³-hybridized carbons (Fsp3) is 0.312. The Morgan fingerprint density at radius 1 is 1.12 bits per heavy atom. The van der Waals surface area contributed by atoms with Crippen LogP contribution in [0.1, 0.15) is 24.5 Å². The van der Waals surface area contributed by atoms with Gasteiger partial charge in [0.2, 0.25) is 14.3 Å². The molecular formula is C32H34FN3O4Si. The first kappa shape index (κ1) is 27.4. The molecule has 0 aliphatic carbocycles. The molecule has 3 N–H and O–H groups in total. The third-order valence-electron chi connectivity index (χ3n) is 8.61. The van der Waals surface area contributed by atoms with E-state index in [4.69, 9.17) is 4.74 Å². The number of nitrogens with one attached hydrogen (secondary N) is 2. The van der Waals surface area contributed by atoms with Crippen molar-refractivity contribution in [3.63, 3.8) is 0 Å². The predicted octanol–water partition coefficient (Wildman–Crippen LogP) is 6.18. The third-order valence-corrected chi connectivity index (χ3v) is 11.1. The number of aromatic amines is 1. The number of hydrogen-bond acceptors (Lipinski definition) is 4. The lowest BCUT2D eigenvalue weighted by atomic mass is 9.82. The molecule has 0 saturated carbocycles. The van der Waals surface area contributed by atoms with Gasteiger partial charge in [-0.2, -0.15) is 0 Å². The summed E-state index contributed by atoms with van der Waals surface area (Å²) in [5, 5.41) is 13.8.